The minimum Gasteiger partial charge on any atom is -0.397 e. The highest BCUT2D eigenvalue weighted by Crippen LogP contribution is 2.28. The van der Waals surface area contributed by atoms with Gasteiger partial charge in [0.15, 0.2) is 0 Å². The number of pyridine rings is 1. The Hall–Kier alpha value is -1.79. The third kappa shape index (κ3) is 1.61. The summed E-state index contributed by atoms with van der Waals surface area (Å²) in [6, 6.07) is 0. The molecule has 4 N–H and O–H groups in total. The normalized spacial score (nSPS) is 10.6. The largest absolute Gasteiger partial charge is 0.397 e. The van der Waals surface area contributed by atoms with Gasteiger partial charge in [-0.1, -0.05) is 0 Å². The Morgan fingerprint density at radius 2 is 2.07 bits per heavy atom. The number of alkyl halides is 2. The van der Waals surface area contributed by atoms with Gasteiger partial charge in [-0.25, -0.2) is 13.8 Å². The molecule has 0 saturated heterocycles. The lowest BCUT2D eigenvalue weighted by Crippen LogP contribution is -2.18. The molecule has 0 fully saturated rings. The van der Waals surface area contributed by atoms with Crippen LogP contribution >= 0.6 is 0 Å². The van der Waals surface area contributed by atoms with Crippen LogP contribution in [0.3, 0.4) is 0 Å². The van der Waals surface area contributed by atoms with Crippen LogP contribution in [0.5, 0.6) is 0 Å². The first-order valence-electron chi connectivity index (χ1n) is 3.47. The van der Waals surface area contributed by atoms with Crippen molar-refractivity contribution in [2.45, 2.75) is 6.43 Å². The summed E-state index contributed by atoms with van der Waals surface area (Å²) in [4.78, 5) is 13.7. The van der Waals surface area contributed by atoms with E-state index in [1.807, 2.05) is 0 Å². The van der Waals surface area contributed by atoms with E-state index in [1.54, 1.807) is 0 Å². The van der Waals surface area contributed by atoms with Gasteiger partial charge in [-0.15, -0.1) is 0 Å². The van der Waals surface area contributed by atoms with Gasteiger partial charge in [-0.05, 0) is 0 Å². The molecule has 76 valence electrons. The van der Waals surface area contributed by atoms with Crippen molar-refractivity contribution in [1.29, 1.82) is 0 Å². The second kappa shape index (κ2) is 3.52. The fourth-order valence-corrected chi connectivity index (χ4v) is 0.985. The number of nitrogen functional groups attached to an aromatic ring is 1. The van der Waals surface area contributed by atoms with E-state index in [0.717, 1.165) is 0 Å². The quantitative estimate of drug-likeness (QED) is 0.702. The summed E-state index contributed by atoms with van der Waals surface area (Å²) in [6.07, 6.45) is -2.36. The molecule has 0 atom stereocenters. The fraction of sp³-hybridized carbons (Fsp3) is 0.143. The molecule has 1 aromatic heterocycles. The number of carbonyl (C=O) groups excluding carboxylic acids is 1. The number of amides is 1. The molecule has 0 aliphatic carbocycles. The van der Waals surface area contributed by atoms with Crippen LogP contribution in [0.2, 0.25) is 0 Å². The van der Waals surface area contributed by atoms with E-state index in [4.69, 9.17) is 11.5 Å². The molecule has 1 amide bonds. The molecule has 1 heterocycles. The molecular formula is C7H6F3N3O. The summed E-state index contributed by atoms with van der Waals surface area (Å²) in [5, 5.41) is 0. The van der Waals surface area contributed by atoms with Gasteiger partial charge < -0.3 is 11.5 Å². The number of carbonyl (C=O) groups is 1. The lowest BCUT2D eigenvalue weighted by Gasteiger charge is -2.08. The lowest BCUT2D eigenvalue weighted by molar-refractivity contribution is 0.0980. The SMILES string of the molecule is NC(=O)c1c(F)ncc(N)c1C(F)F. The monoisotopic (exact) mass is 205 g/mol. The summed E-state index contributed by atoms with van der Waals surface area (Å²) in [5.74, 6) is -2.67. The lowest BCUT2D eigenvalue weighted by atomic mass is 10.1. The molecule has 0 bridgehead atoms. The first-order chi connectivity index (χ1) is 6.45. The molecule has 0 saturated carbocycles. The van der Waals surface area contributed by atoms with Crippen molar-refractivity contribution in [2.75, 3.05) is 5.73 Å². The topological polar surface area (TPSA) is 82.0 Å². The van der Waals surface area contributed by atoms with E-state index in [2.05, 4.69) is 4.98 Å². The van der Waals surface area contributed by atoms with Crippen LogP contribution in [0, 0.1) is 5.95 Å². The second-order valence-corrected chi connectivity index (χ2v) is 2.46. The summed E-state index contributed by atoms with van der Waals surface area (Å²) >= 11 is 0. The Bertz CT molecular complexity index is 381. The highest BCUT2D eigenvalue weighted by atomic mass is 19.3. The average molecular weight is 205 g/mol. The molecule has 0 radical (unpaired) electrons. The van der Waals surface area contributed by atoms with Crippen molar-refractivity contribution in [3.05, 3.63) is 23.3 Å². The standard InChI is InChI=1S/C7H6F3N3O/c8-5(9)3-2(11)1-13-6(10)4(3)7(12)14/h1,5H,11H2,(H2,12,14). The fourth-order valence-electron chi connectivity index (χ4n) is 0.985. The van der Waals surface area contributed by atoms with Gasteiger partial charge in [-0.2, -0.15) is 4.39 Å². The Balaban J connectivity index is 3.50. The van der Waals surface area contributed by atoms with Crippen molar-refractivity contribution in [3.63, 3.8) is 0 Å². The van der Waals surface area contributed by atoms with Crippen molar-refractivity contribution in [1.82, 2.24) is 4.98 Å². The third-order valence-corrected chi connectivity index (χ3v) is 1.57. The summed E-state index contributed by atoms with van der Waals surface area (Å²) in [7, 11) is 0. The van der Waals surface area contributed by atoms with Crippen molar-refractivity contribution >= 4 is 11.6 Å². The van der Waals surface area contributed by atoms with Crippen LogP contribution in [-0.2, 0) is 0 Å². The zero-order valence-corrected chi connectivity index (χ0v) is 6.80. The molecule has 0 aliphatic rings. The summed E-state index contributed by atoms with van der Waals surface area (Å²) in [6.45, 7) is 0. The molecule has 0 unspecified atom stereocenters. The number of nitrogens with zero attached hydrogens (tertiary/aromatic N) is 1. The summed E-state index contributed by atoms with van der Waals surface area (Å²) in [5.41, 5.74) is 7.49. The maximum Gasteiger partial charge on any atom is 0.266 e. The van der Waals surface area contributed by atoms with Gasteiger partial charge in [0.2, 0.25) is 5.95 Å². The van der Waals surface area contributed by atoms with Crippen LogP contribution in [0.15, 0.2) is 6.20 Å². The molecule has 0 aliphatic heterocycles. The Morgan fingerprint density at radius 1 is 1.50 bits per heavy atom. The predicted molar refractivity (Wildman–Crippen MR) is 42.1 cm³/mol. The molecule has 1 rings (SSSR count). The minimum absolute atomic E-state index is 0.463. The Morgan fingerprint density at radius 3 is 2.43 bits per heavy atom. The van der Waals surface area contributed by atoms with Crippen LogP contribution < -0.4 is 11.5 Å². The van der Waals surface area contributed by atoms with E-state index in [0.29, 0.717) is 6.20 Å². The Labute approximate surface area is 76.7 Å². The molecule has 0 spiro atoms. The number of anilines is 1. The predicted octanol–water partition coefficient (Wildman–Crippen LogP) is 0.839. The number of rotatable bonds is 2. The van der Waals surface area contributed by atoms with Crippen LogP contribution in [0.1, 0.15) is 22.3 Å². The van der Waals surface area contributed by atoms with Crippen LogP contribution in [0.25, 0.3) is 0 Å². The first kappa shape index (κ1) is 10.3. The number of hydrogen-bond donors (Lipinski definition) is 2. The number of halogens is 3. The Kier molecular flexibility index (Phi) is 2.59. The van der Waals surface area contributed by atoms with E-state index in [1.165, 1.54) is 0 Å². The van der Waals surface area contributed by atoms with Crippen LogP contribution in [-0.4, -0.2) is 10.9 Å². The zero-order chi connectivity index (χ0) is 10.9. The maximum atomic E-state index is 12.8. The summed E-state index contributed by atoms with van der Waals surface area (Å²) < 4.78 is 37.5. The van der Waals surface area contributed by atoms with E-state index >= 15 is 0 Å². The number of aromatic nitrogens is 1. The van der Waals surface area contributed by atoms with Gasteiger partial charge in [-0.3, -0.25) is 4.79 Å². The zero-order valence-electron chi connectivity index (χ0n) is 6.80. The third-order valence-electron chi connectivity index (χ3n) is 1.57. The minimum atomic E-state index is -3.07. The second-order valence-electron chi connectivity index (χ2n) is 2.46. The van der Waals surface area contributed by atoms with Crippen molar-refractivity contribution < 1.29 is 18.0 Å². The van der Waals surface area contributed by atoms with Crippen molar-refractivity contribution in [3.8, 4) is 0 Å². The smallest absolute Gasteiger partial charge is 0.266 e. The van der Waals surface area contributed by atoms with E-state index in [-0.39, 0.29) is 0 Å². The number of primary amides is 1. The van der Waals surface area contributed by atoms with Crippen molar-refractivity contribution in [2.24, 2.45) is 5.73 Å². The molecule has 4 nitrogen and oxygen atoms in total. The maximum absolute atomic E-state index is 12.8. The molecule has 7 heteroatoms. The van der Waals surface area contributed by atoms with Gasteiger partial charge in [0.05, 0.1) is 17.4 Å². The van der Waals surface area contributed by atoms with E-state index in [9.17, 15) is 18.0 Å². The van der Waals surface area contributed by atoms with Gasteiger partial charge in [0.1, 0.15) is 5.56 Å². The average Bonchev–Trinajstić information content (AvgIpc) is 2.07. The first-order valence-corrected chi connectivity index (χ1v) is 3.47. The highest BCUT2D eigenvalue weighted by molar-refractivity contribution is 5.95. The van der Waals surface area contributed by atoms with Gasteiger partial charge >= 0.3 is 0 Å². The van der Waals surface area contributed by atoms with E-state index < -0.39 is 35.1 Å². The highest BCUT2D eigenvalue weighted by Gasteiger charge is 2.24. The molecule has 0 aromatic carbocycles. The van der Waals surface area contributed by atoms with Gasteiger partial charge in [0, 0.05) is 0 Å². The molecular weight excluding hydrogens is 199 g/mol. The van der Waals surface area contributed by atoms with Gasteiger partial charge in [0.25, 0.3) is 12.3 Å². The number of hydrogen-bond acceptors (Lipinski definition) is 3. The molecule has 1 aromatic rings. The molecule has 14 heavy (non-hydrogen) atoms. The number of nitrogens with two attached hydrogens (primary N) is 2. The van der Waals surface area contributed by atoms with Crippen LogP contribution in [0.4, 0.5) is 18.9 Å².